The summed E-state index contributed by atoms with van der Waals surface area (Å²) < 4.78 is 12.7. The van der Waals surface area contributed by atoms with Crippen molar-refractivity contribution in [2.75, 3.05) is 20.3 Å². The fraction of sp³-hybridized carbons (Fsp3) is 0.750. The monoisotopic (exact) mass is 208 g/mol. The highest BCUT2D eigenvalue weighted by Crippen LogP contribution is 1.85. The zero-order valence-electron chi connectivity index (χ0n) is 8.61. The second kappa shape index (κ2) is 11.5. The predicted octanol–water partition coefficient (Wildman–Crippen LogP) is 1.88. The Balaban J connectivity index is 0. The van der Waals surface area contributed by atoms with Crippen LogP contribution >= 0.6 is 0 Å². The van der Waals surface area contributed by atoms with Gasteiger partial charge in [0.05, 0.1) is 20.3 Å². The number of hydrogen-bond donors (Lipinski definition) is 1. The van der Waals surface area contributed by atoms with Crippen molar-refractivity contribution in [1.82, 2.24) is 0 Å². The average Bonchev–Trinajstić information content (AvgIpc) is 2.16. The highest BCUT2D eigenvalue weighted by atomic mass is 16.7. The molecule has 6 nitrogen and oxygen atoms in total. The molecule has 0 saturated carbocycles. The predicted molar refractivity (Wildman–Crippen MR) is 48.3 cm³/mol. The highest BCUT2D eigenvalue weighted by molar-refractivity contribution is 5.59. The molecule has 0 heterocycles. The van der Waals surface area contributed by atoms with E-state index in [1.54, 1.807) is 6.92 Å². The minimum atomic E-state index is -1.25. The molecule has 0 unspecified atom stereocenters. The van der Waals surface area contributed by atoms with Gasteiger partial charge in [0.1, 0.15) is 0 Å². The van der Waals surface area contributed by atoms with Crippen LogP contribution in [0.15, 0.2) is 0 Å². The summed E-state index contributed by atoms with van der Waals surface area (Å²) in [6.07, 6.45) is -0.983. The van der Waals surface area contributed by atoms with Crippen LogP contribution in [0.2, 0.25) is 0 Å². The van der Waals surface area contributed by atoms with Gasteiger partial charge in [0.25, 0.3) is 0 Å². The van der Waals surface area contributed by atoms with Crippen molar-refractivity contribution in [3.05, 3.63) is 0 Å². The fourth-order valence-electron chi connectivity index (χ4n) is 0.345. The van der Waals surface area contributed by atoms with Crippen molar-refractivity contribution < 1.29 is 28.9 Å². The van der Waals surface area contributed by atoms with Crippen LogP contribution in [-0.2, 0) is 14.2 Å². The van der Waals surface area contributed by atoms with E-state index in [1.807, 2.05) is 6.92 Å². The van der Waals surface area contributed by atoms with Crippen molar-refractivity contribution >= 4 is 12.3 Å². The SMILES string of the molecule is CCCOC(=O)OCC.COC(=O)O. The van der Waals surface area contributed by atoms with Crippen LogP contribution in [0.1, 0.15) is 20.3 Å². The van der Waals surface area contributed by atoms with Gasteiger partial charge in [-0.25, -0.2) is 9.59 Å². The van der Waals surface area contributed by atoms with Gasteiger partial charge in [-0.2, -0.15) is 0 Å². The molecule has 0 atom stereocenters. The molecule has 0 fully saturated rings. The summed E-state index contributed by atoms with van der Waals surface area (Å²) in [7, 11) is 1.10. The molecular weight excluding hydrogens is 192 g/mol. The van der Waals surface area contributed by atoms with E-state index in [9.17, 15) is 4.79 Å². The lowest BCUT2D eigenvalue weighted by atomic mass is 10.5. The van der Waals surface area contributed by atoms with Crippen molar-refractivity contribution in [1.29, 1.82) is 0 Å². The van der Waals surface area contributed by atoms with Gasteiger partial charge in [-0.05, 0) is 13.3 Å². The van der Waals surface area contributed by atoms with Gasteiger partial charge in [-0.1, -0.05) is 6.92 Å². The Labute approximate surface area is 82.8 Å². The maximum atomic E-state index is 10.4. The van der Waals surface area contributed by atoms with E-state index >= 15 is 0 Å². The molecule has 0 aliphatic carbocycles. The molecule has 0 aromatic carbocycles. The van der Waals surface area contributed by atoms with Gasteiger partial charge in [-0.15, -0.1) is 0 Å². The molecule has 1 N–H and O–H groups in total. The van der Waals surface area contributed by atoms with Crippen molar-refractivity contribution in [3.8, 4) is 0 Å². The van der Waals surface area contributed by atoms with Gasteiger partial charge in [0.2, 0.25) is 0 Å². The Morgan fingerprint density at radius 3 is 2.00 bits per heavy atom. The number of carboxylic acid groups (broad SMARTS) is 1. The summed E-state index contributed by atoms with van der Waals surface area (Å²) in [6.45, 7) is 4.49. The lowest BCUT2D eigenvalue weighted by Gasteiger charge is -2.00. The standard InChI is InChI=1S/C6H12O3.C2H4O3/c1-3-5-9-6(7)8-4-2;1-5-2(3)4/h3-5H2,1-2H3;1H3,(H,3,4). The molecule has 6 heteroatoms. The first-order chi connectivity index (χ1) is 6.58. The van der Waals surface area contributed by atoms with Crippen LogP contribution < -0.4 is 0 Å². The number of rotatable bonds is 3. The van der Waals surface area contributed by atoms with Gasteiger partial charge in [0.15, 0.2) is 0 Å². The molecule has 84 valence electrons. The topological polar surface area (TPSA) is 82.1 Å². The number of methoxy groups -OCH3 is 1. The molecule has 0 spiro atoms. The molecule has 0 radical (unpaired) electrons. The minimum absolute atomic E-state index is 0.378. The van der Waals surface area contributed by atoms with E-state index in [0.717, 1.165) is 13.5 Å². The molecular formula is C8H16O6. The Bertz CT molecular complexity index is 156. The lowest BCUT2D eigenvalue weighted by molar-refractivity contribution is 0.0592. The maximum absolute atomic E-state index is 10.4. The van der Waals surface area contributed by atoms with E-state index in [4.69, 9.17) is 9.90 Å². The summed E-state index contributed by atoms with van der Waals surface area (Å²) >= 11 is 0. The first kappa shape index (κ1) is 15.0. The third-order valence-electron chi connectivity index (χ3n) is 0.861. The highest BCUT2D eigenvalue weighted by Gasteiger charge is 1.97. The summed E-state index contributed by atoms with van der Waals surface area (Å²) in [4.78, 5) is 19.5. The quantitative estimate of drug-likeness (QED) is 0.713. The van der Waals surface area contributed by atoms with Gasteiger partial charge < -0.3 is 19.3 Å². The van der Waals surface area contributed by atoms with Crippen molar-refractivity contribution in [2.45, 2.75) is 20.3 Å². The summed E-state index contributed by atoms with van der Waals surface area (Å²) in [6, 6.07) is 0. The smallest absolute Gasteiger partial charge is 0.450 e. The van der Waals surface area contributed by atoms with E-state index < -0.39 is 12.3 Å². The molecule has 0 aromatic heterocycles. The maximum Gasteiger partial charge on any atom is 0.508 e. The van der Waals surface area contributed by atoms with Crippen molar-refractivity contribution in [2.24, 2.45) is 0 Å². The van der Waals surface area contributed by atoms with E-state index in [0.29, 0.717) is 13.2 Å². The third-order valence-corrected chi connectivity index (χ3v) is 0.861. The van der Waals surface area contributed by atoms with E-state index in [-0.39, 0.29) is 0 Å². The van der Waals surface area contributed by atoms with Crippen LogP contribution in [0.25, 0.3) is 0 Å². The Morgan fingerprint density at radius 1 is 1.21 bits per heavy atom. The lowest BCUT2D eigenvalue weighted by Crippen LogP contribution is -2.07. The molecule has 0 aliphatic rings. The second-order valence-corrected chi connectivity index (χ2v) is 2.00. The van der Waals surface area contributed by atoms with Gasteiger partial charge in [0, 0.05) is 0 Å². The first-order valence-electron chi connectivity index (χ1n) is 4.14. The first-order valence-corrected chi connectivity index (χ1v) is 4.14. The molecule has 0 saturated heterocycles. The molecule has 0 amide bonds. The van der Waals surface area contributed by atoms with Crippen LogP contribution in [-0.4, -0.2) is 37.7 Å². The van der Waals surface area contributed by atoms with Crippen LogP contribution in [0, 0.1) is 0 Å². The zero-order chi connectivity index (χ0) is 11.4. The molecule has 0 aliphatic heterocycles. The normalized spacial score (nSPS) is 7.93. The van der Waals surface area contributed by atoms with Crippen LogP contribution in [0.5, 0.6) is 0 Å². The zero-order valence-corrected chi connectivity index (χ0v) is 8.61. The number of carbonyl (C=O) groups excluding carboxylic acids is 1. The minimum Gasteiger partial charge on any atom is -0.450 e. The fourth-order valence-corrected chi connectivity index (χ4v) is 0.345. The van der Waals surface area contributed by atoms with Crippen LogP contribution in [0.4, 0.5) is 9.59 Å². The Kier molecular flexibility index (Phi) is 12.4. The molecule has 0 aromatic rings. The Morgan fingerprint density at radius 2 is 1.71 bits per heavy atom. The molecule has 0 rings (SSSR count). The van der Waals surface area contributed by atoms with E-state index in [2.05, 4.69) is 14.2 Å². The summed E-state index contributed by atoms with van der Waals surface area (Å²) in [5.41, 5.74) is 0. The third kappa shape index (κ3) is 16.9. The summed E-state index contributed by atoms with van der Waals surface area (Å²) in [5.74, 6) is 0. The average molecular weight is 208 g/mol. The number of hydrogen-bond acceptors (Lipinski definition) is 5. The number of ether oxygens (including phenoxy) is 3. The molecule has 0 bridgehead atoms. The Hall–Kier alpha value is -1.46. The number of carbonyl (C=O) groups is 2. The van der Waals surface area contributed by atoms with E-state index in [1.165, 1.54) is 0 Å². The summed E-state index contributed by atoms with van der Waals surface area (Å²) in [5, 5.41) is 7.50. The van der Waals surface area contributed by atoms with Gasteiger partial charge >= 0.3 is 12.3 Å². The second-order valence-electron chi connectivity index (χ2n) is 2.00. The van der Waals surface area contributed by atoms with Crippen molar-refractivity contribution in [3.63, 3.8) is 0 Å². The van der Waals surface area contributed by atoms with Gasteiger partial charge in [-0.3, -0.25) is 0 Å². The van der Waals surface area contributed by atoms with Crippen LogP contribution in [0.3, 0.4) is 0 Å². The molecule has 14 heavy (non-hydrogen) atoms. The largest absolute Gasteiger partial charge is 0.508 e.